The fourth-order valence-electron chi connectivity index (χ4n) is 2.40. The maximum Gasteiger partial charge on any atom is 0.248 e. The van der Waals surface area contributed by atoms with Crippen molar-refractivity contribution in [2.45, 2.75) is 6.92 Å². The number of amides is 2. The quantitative estimate of drug-likeness (QED) is 0.707. The van der Waals surface area contributed by atoms with Crippen molar-refractivity contribution in [3.8, 4) is 0 Å². The van der Waals surface area contributed by atoms with Gasteiger partial charge in [0.2, 0.25) is 11.8 Å². The summed E-state index contributed by atoms with van der Waals surface area (Å²) in [6.45, 7) is 1.42. The molecule has 0 bridgehead atoms. The molecule has 0 aliphatic heterocycles. The van der Waals surface area contributed by atoms with Crippen LogP contribution < -0.4 is 16.1 Å². The van der Waals surface area contributed by atoms with Gasteiger partial charge in [0.25, 0.3) is 0 Å². The second-order valence-corrected chi connectivity index (χ2v) is 5.60. The summed E-state index contributed by atoms with van der Waals surface area (Å²) in [5.41, 5.74) is 1.80. The smallest absolute Gasteiger partial charge is 0.248 e. The zero-order valence-corrected chi connectivity index (χ0v) is 14.0. The highest BCUT2D eigenvalue weighted by Crippen LogP contribution is 2.14. The summed E-state index contributed by atoms with van der Waals surface area (Å²) in [7, 11) is 0. The molecule has 0 aliphatic rings. The zero-order valence-electron chi connectivity index (χ0n) is 14.0. The molecule has 0 unspecified atom stereocenters. The lowest BCUT2D eigenvalue weighted by molar-refractivity contribution is -0.114. The van der Waals surface area contributed by atoms with Crippen molar-refractivity contribution < 1.29 is 14.0 Å². The minimum Gasteiger partial charge on any atom is -0.463 e. The number of fused-ring (bicyclic) bond motifs is 1. The second-order valence-electron chi connectivity index (χ2n) is 5.60. The minimum absolute atomic E-state index is 0.168. The number of para-hydroxylation sites is 1. The summed E-state index contributed by atoms with van der Waals surface area (Å²) in [4.78, 5) is 35.4. The Morgan fingerprint density at radius 3 is 2.31 bits per heavy atom. The molecule has 1 aromatic heterocycles. The molecule has 1 heterocycles. The summed E-state index contributed by atoms with van der Waals surface area (Å²) in [6.07, 6.45) is 4.01. The Balaban J connectivity index is 1.71. The topological polar surface area (TPSA) is 88.4 Å². The normalized spacial score (nSPS) is 10.8. The predicted octanol–water partition coefficient (Wildman–Crippen LogP) is 3.40. The Morgan fingerprint density at radius 2 is 1.62 bits per heavy atom. The molecule has 3 aromatic rings. The molecule has 6 heteroatoms. The van der Waals surface area contributed by atoms with E-state index in [1.807, 2.05) is 0 Å². The van der Waals surface area contributed by atoms with Crippen LogP contribution in [0.1, 0.15) is 12.5 Å². The van der Waals surface area contributed by atoms with Crippen LogP contribution in [0.2, 0.25) is 0 Å². The maximum atomic E-state index is 12.3. The highest BCUT2D eigenvalue weighted by atomic mass is 16.3. The van der Waals surface area contributed by atoms with Gasteiger partial charge in [-0.2, -0.15) is 0 Å². The van der Waals surface area contributed by atoms with Crippen LogP contribution in [0.3, 0.4) is 0 Å². The lowest BCUT2D eigenvalue weighted by Crippen LogP contribution is -2.10. The molecule has 0 saturated heterocycles. The molecule has 0 spiro atoms. The van der Waals surface area contributed by atoms with E-state index in [0.717, 1.165) is 0 Å². The molecule has 0 atom stereocenters. The molecule has 3 rings (SSSR count). The third-order valence-electron chi connectivity index (χ3n) is 3.59. The third-order valence-corrected chi connectivity index (χ3v) is 3.59. The van der Waals surface area contributed by atoms with Crippen LogP contribution >= 0.6 is 0 Å². The van der Waals surface area contributed by atoms with Crippen LogP contribution in [0.25, 0.3) is 17.0 Å². The van der Waals surface area contributed by atoms with Crippen molar-refractivity contribution in [1.29, 1.82) is 0 Å². The van der Waals surface area contributed by atoms with Gasteiger partial charge in [0.1, 0.15) is 11.8 Å². The van der Waals surface area contributed by atoms with Gasteiger partial charge < -0.3 is 15.1 Å². The molecule has 2 aromatic carbocycles. The van der Waals surface area contributed by atoms with Gasteiger partial charge in [0, 0.05) is 24.4 Å². The van der Waals surface area contributed by atoms with E-state index in [0.29, 0.717) is 27.9 Å². The van der Waals surface area contributed by atoms with Crippen molar-refractivity contribution >= 4 is 40.2 Å². The van der Waals surface area contributed by atoms with E-state index in [9.17, 15) is 14.4 Å². The summed E-state index contributed by atoms with van der Waals surface area (Å²) in [5, 5.41) is 5.78. The standard InChI is InChI=1S/C20H16N2O4/c1-13(23)21-15-7-9-16(10-8-15)22-19(24)11-6-14-12-26-18-5-3-2-4-17(18)20(14)25/h2-12H,1H3,(H,21,23)(H,22,24)/b11-6+. The predicted molar refractivity (Wildman–Crippen MR) is 101 cm³/mol. The van der Waals surface area contributed by atoms with E-state index >= 15 is 0 Å². The van der Waals surface area contributed by atoms with Crippen molar-refractivity contribution in [2.75, 3.05) is 10.6 Å². The summed E-state index contributed by atoms with van der Waals surface area (Å²) in [6, 6.07) is 13.6. The van der Waals surface area contributed by atoms with E-state index in [4.69, 9.17) is 4.42 Å². The number of benzene rings is 2. The average molecular weight is 348 g/mol. The number of nitrogens with one attached hydrogen (secondary N) is 2. The summed E-state index contributed by atoms with van der Waals surface area (Å²) < 4.78 is 5.40. The molecule has 0 aliphatic carbocycles. The van der Waals surface area contributed by atoms with Gasteiger partial charge in [-0.15, -0.1) is 0 Å². The molecular weight excluding hydrogens is 332 g/mol. The number of hydrogen-bond acceptors (Lipinski definition) is 4. The number of rotatable bonds is 4. The third kappa shape index (κ3) is 4.05. The van der Waals surface area contributed by atoms with Crippen LogP contribution in [0.4, 0.5) is 11.4 Å². The Hall–Kier alpha value is -3.67. The van der Waals surface area contributed by atoms with Crippen molar-refractivity contribution in [3.63, 3.8) is 0 Å². The summed E-state index contributed by atoms with van der Waals surface area (Å²) >= 11 is 0. The highest BCUT2D eigenvalue weighted by molar-refractivity contribution is 6.02. The van der Waals surface area contributed by atoms with E-state index < -0.39 is 0 Å². The minimum atomic E-state index is -0.384. The number of carbonyl (C=O) groups excluding carboxylic acids is 2. The number of carbonyl (C=O) groups is 2. The van der Waals surface area contributed by atoms with E-state index in [1.54, 1.807) is 48.5 Å². The van der Waals surface area contributed by atoms with Gasteiger partial charge in [0.05, 0.1) is 10.9 Å². The maximum absolute atomic E-state index is 12.3. The van der Waals surface area contributed by atoms with Gasteiger partial charge in [0.15, 0.2) is 5.43 Å². The molecule has 26 heavy (non-hydrogen) atoms. The first-order valence-electron chi connectivity index (χ1n) is 7.90. The molecule has 0 radical (unpaired) electrons. The Bertz CT molecular complexity index is 1050. The van der Waals surface area contributed by atoms with Gasteiger partial charge in [-0.25, -0.2) is 0 Å². The second kappa shape index (κ2) is 7.48. The average Bonchev–Trinajstić information content (AvgIpc) is 2.63. The van der Waals surface area contributed by atoms with Crippen LogP contribution in [0.5, 0.6) is 0 Å². The molecule has 0 fully saturated rings. The Kier molecular flexibility index (Phi) is 4.94. The Morgan fingerprint density at radius 1 is 0.962 bits per heavy atom. The lowest BCUT2D eigenvalue weighted by Gasteiger charge is -2.05. The first-order chi connectivity index (χ1) is 12.5. The fraction of sp³-hybridized carbons (Fsp3) is 0.0500. The van der Waals surface area contributed by atoms with Gasteiger partial charge in [-0.3, -0.25) is 14.4 Å². The van der Waals surface area contributed by atoms with Gasteiger partial charge in [-0.05, 0) is 42.5 Å². The molecule has 6 nitrogen and oxygen atoms in total. The Labute approximate surface area is 149 Å². The van der Waals surface area contributed by atoms with E-state index in [2.05, 4.69) is 10.6 Å². The molecule has 2 N–H and O–H groups in total. The molecule has 2 amide bonds. The van der Waals surface area contributed by atoms with Crippen molar-refractivity contribution in [2.24, 2.45) is 0 Å². The van der Waals surface area contributed by atoms with Crippen LogP contribution in [0, 0.1) is 0 Å². The van der Waals surface area contributed by atoms with E-state index in [1.165, 1.54) is 25.3 Å². The number of hydrogen-bond donors (Lipinski definition) is 2. The fourth-order valence-corrected chi connectivity index (χ4v) is 2.40. The van der Waals surface area contributed by atoms with Crippen molar-refractivity contribution in [3.05, 3.63) is 76.7 Å². The van der Waals surface area contributed by atoms with Gasteiger partial charge >= 0.3 is 0 Å². The van der Waals surface area contributed by atoms with E-state index in [-0.39, 0.29) is 17.2 Å². The highest BCUT2D eigenvalue weighted by Gasteiger charge is 2.05. The largest absolute Gasteiger partial charge is 0.463 e. The van der Waals surface area contributed by atoms with Crippen LogP contribution in [-0.2, 0) is 9.59 Å². The van der Waals surface area contributed by atoms with Crippen molar-refractivity contribution in [1.82, 2.24) is 0 Å². The lowest BCUT2D eigenvalue weighted by atomic mass is 10.1. The van der Waals surface area contributed by atoms with Crippen LogP contribution in [-0.4, -0.2) is 11.8 Å². The summed E-state index contributed by atoms with van der Waals surface area (Å²) in [5.74, 6) is -0.552. The zero-order chi connectivity index (χ0) is 18.5. The molecule has 0 saturated carbocycles. The monoisotopic (exact) mass is 348 g/mol. The first-order valence-corrected chi connectivity index (χ1v) is 7.90. The number of anilines is 2. The first kappa shape index (κ1) is 17.2. The SMILES string of the molecule is CC(=O)Nc1ccc(NC(=O)/C=C/c2coc3ccccc3c2=O)cc1. The van der Waals surface area contributed by atoms with Crippen LogP contribution in [0.15, 0.2) is 70.1 Å². The molecule has 130 valence electrons. The molecular formula is C20H16N2O4. The van der Waals surface area contributed by atoms with Gasteiger partial charge in [-0.1, -0.05) is 12.1 Å².